The highest BCUT2D eigenvalue weighted by atomic mass is 35.5. The molecular formula is C9H15ClO. The first-order chi connectivity index (χ1) is 5.21. The number of hydrogen-bond acceptors (Lipinski definition) is 1. The molecule has 0 heterocycles. The highest BCUT2D eigenvalue weighted by Crippen LogP contribution is 2.40. The van der Waals surface area contributed by atoms with Crippen molar-refractivity contribution in [1.29, 1.82) is 0 Å². The summed E-state index contributed by atoms with van der Waals surface area (Å²) in [6.45, 7) is 2.06. The van der Waals surface area contributed by atoms with Crippen LogP contribution in [-0.2, 0) is 4.79 Å². The normalized spacial score (nSPS) is 23.1. The van der Waals surface area contributed by atoms with Gasteiger partial charge in [-0.2, -0.15) is 0 Å². The molecule has 0 aromatic heterocycles. The maximum absolute atomic E-state index is 11.1. The van der Waals surface area contributed by atoms with Gasteiger partial charge in [-0.15, -0.1) is 0 Å². The highest BCUT2D eigenvalue weighted by Gasteiger charge is 2.36. The SMILES string of the molecule is CCC1(C(=O)Cl)CCCCC1. The molecule has 1 nitrogen and oxygen atoms in total. The van der Waals surface area contributed by atoms with Gasteiger partial charge in [0.15, 0.2) is 0 Å². The second kappa shape index (κ2) is 3.57. The third kappa shape index (κ3) is 1.76. The van der Waals surface area contributed by atoms with Crippen molar-refractivity contribution in [1.82, 2.24) is 0 Å². The van der Waals surface area contributed by atoms with Crippen LogP contribution in [0.15, 0.2) is 0 Å². The van der Waals surface area contributed by atoms with Crippen LogP contribution < -0.4 is 0 Å². The van der Waals surface area contributed by atoms with Gasteiger partial charge in [0, 0.05) is 5.41 Å². The van der Waals surface area contributed by atoms with Crippen LogP contribution >= 0.6 is 11.6 Å². The smallest absolute Gasteiger partial charge is 0.227 e. The van der Waals surface area contributed by atoms with Crippen LogP contribution in [0, 0.1) is 5.41 Å². The largest absolute Gasteiger partial charge is 0.281 e. The van der Waals surface area contributed by atoms with Crippen LogP contribution in [0.25, 0.3) is 0 Å². The van der Waals surface area contributed by atoms with Gasteiger partial charge in [-0.3, -0.25) is 4.79 Å². The maximum atomic E-state index is 11.1. The van der Waals surface area contributed by atoms with E-state index >= 15 is 0 Å². The van der Waals surface area contributed by atoms with Crippen LogP contribution in [0.5, 0.6) is 0 Å². The molecule has 0 bridgehead atoms. The molecule has 11 heavy (non-hydrogen) atoms. The topological polar surface area (TPSA) is 17.1 Å². The standard InChI is InChI=1S/C9H15ClO/c1-2-9(8(10)11)6-4-3-5-7-9/h2-7H2,1H3. The van der Waals surface area contributed by atoms with Crippen molar-refractivity contribution in [3.8, 4) is 0 Å². The molecule has 0 aromatic rings. The maximum Gasteiger partial charge on any atom is 0.227 e. The molecule has 0 amide bonds. The summed E-state index contributed by atoms with van der Waals surface area (Å²) in [6, 6.07) is 0. The van der Waals surface area contributed by atoms with Gasteiger partial charge in [0.1, 0.15) is 0 Å². The van der Waals surface area contributed by atoms with E-state index in [1.807, 2.05) is 0 Å². The first-order valence-electron chi connectivity index (χ1n) is 4.41. The van der Waals surface area contributed by atoms with Gasteiger partial charge in [-0.25, -0.2) is 0 Å². The fraction of sp³-hybridized carbons (Fsp3) is 0.889. The van der Waals surface area contributed by atoms with Gasteiger partial charge in [0.2, 0.25) is 5.24 Å². The van der Waals surface area contributed by atoms with E-state index in [2.05, 4.69) is 6.92 Å². The number of carbonyl (C=O) groups is 1. The van der Waals surface area contributed by atoms with Crippen LogP contribution in [0.3, 0.4) is 0 Å². The van der Waals surface area contributed by atoms with E-state index in [1.165, 1.54) is 19.3 Å². The van der Waals surface area contributed by atoms with E-state index in [0.29, 0.717) is 0 Å². The monoisotopic (exact) mass is 174 g/mol. The number of rotatable bonds is 2. The molecule has 1 aliphatic rings. The lowest BCUT2D eigenvalue weighted by atomic mass is 9.73. The van der Waals surface area contributed by atoms with Crippen LogP contribution in [-0.4, -0.2) is 5.24 Å². The summed E-state index contributed by atoms with van der Waals surface area (Å²) in [5.74, 6) is 0. The molecule has 1 saturated carbocycles. The minimum atomic E-state index is -0.153. The third-order valence-electron chi connectivity index (χ3n) is 2.90. The van der Waals surface area contributed by atoms with E-state index in [9.17, 15) is 4.79 Å². The fourth-order valence-corrected chi connectivity index (χ4v) is 2.24. The molecule has 1 aliphatic carbocycles. The van der Waals surface area contributed by atoms with Crippen molar-refractivity contribution in [2.75, 3.05) is 0 Å². The van der Waals surface area contributed by atoms with Gasteiger partial charge < -0.3 is 0 Å². The van der Waals surface area contributed by atoms with Crippen LogP contribution in [0.2, 0.25) is 0 Å². The highest BCUT2D eigenvalue weighted by molar-refractivity contribution is 6.64. The lowest BCUT2D eigenvalue weighted by molar-refractivity contribution is -0.122. The first-order valence-corrected chi connectivity index (χ1v) is 4.79. The quantitative estimate of drug-likeness (QED) is 0.588. The number of carbonyl (C=O) groups excluding carboxylic acids is 1. The molecule has 2 heteroatoms. The van der Waals surface area contributed by atoms with Gasteiger partial charge in [-0.1, -0.05) is 26.2 Å². The molecule has 0 unspecified atom stereocenters. The Labute approximate surface area is 73.1 Å². The third-order valence-corrected chi connectivity index (χ3v) is 3.31. The van der Waals surface area contributed by atoms with Crippen molar-refractivity contribution >= 4 is 16.8 Å². The van der Waals surface area contributed by atoms with Gasteiger partial charge in [0.05, 0.1) is 0 Å². The molecule has 0 saturated heterocycles. The van der Waals surface area contributed by atoms with E-state index < -0.39 is 0 Å². The summed E-state index contributed by atoms with van der Waals surface area (Å²) < 4.78 is 0. The zero-order valence-corrected chi connectivity index (χ0v) is 7.78. The van der Waals surface area contributed by atoms with Crippen molar-refractivity contribution < 1.29 is 4.79 Å². The van der Waals surface area contributed by atoms with Crippen LogP contribution in [0.4, 0.5) is 0 Å². The Morgan fingerprint density at radius 3 is 2.18 bits per heavy atom. The summed E-state index contributed by atoms with van der Waals surface area (Å²) in [6.07, 6.45) is 6.54. The van der Waals surface area contributed by atoms with E-state index in [0.717, 1.165) is 19.3 Å². The van der Waals surface area contributed by atoms with Gasteiger partial charge in [-0.05, 0) is 30.9 Å². The summed E-state index contributed by atoms with van der Waals surface area (Å²) >= 11 is 5.57. The van der Waals surface area contributed by atoms with E-state index in [4.69, 9.17) is 11.6 Å². The second-order valence-corrected chi connectivity index (χ2v) is 3.81. The Morgan fingerprint density at radius 1 is 1.36 bits per heavy atom. The van der Waals surface area contributed by atoms with Gasteiger partial charge >= 0.3 is 0 Å². The zero-order valence-electron chi connectivity index (χ0n) is 7.03. The Hall–Kier alpha value is -0.0400. The van der Waals surface area contributed by atoms with Crippen molar-refractivity contribution in [2.24, 2.45) is 5.41 Å². The Morgan fingerprint density at radius 2 is 1.91 bits per heavy atom. The average Bonchev–Trinajstić information content (AvgIpc) is 2.05. The van der Waals surface area contributed by atoms with E-state index in [-0.39, 0.29) is 10.7 Å². The second-order valence-electron chi connectivity index (χ2n) is 3.47. The molecule has 0 atom stereocenters. The van der Waals surface area contributed by atoms with Crippen molar-refractivity contribution in [2.45, 2.75) is 45.4 Å². The summed E-state index contributed by atoms with van der Waals surface area (Å²) in [7, 11) is 0. The lowest BCUT2D eigenvalue weighted by Crippen LogP contribution is -2.29. The Balaban J connectivity index is 2.64. The molecule has 1 rings (SSSR count). The molecule has 0 radical (unpaired) electrons. The predicted molar refractivity (Wildman–Crippen MR) is 46.7 cm³/mol. The molecular weight excluding hydrogens is 160 g/mol. The minimum Gasteiger partial charge on any atom is -0.281 e. The number of halogens is 1. The predicted octanol–water partition coefficient (Wildman–Crippen LogP) is 3.11. The summed E-state index contributed by atoms with van der Waals surface area (Å²) in [4.78, 5) is 11.1. The lowest BCUT2D eigenvalue weighted by Gasteiger charge is -2.32. The minimum absolute atomic E-state index is 0.111. The molecule has 0 spiro atoms. The summed E-state index contributed by atoms with van der Waals surface area (Å²) in [5, 5.41) is -0.111. The molecule has 0 aliphatic heterocycles. The Kier molecular flexibility index (Phi) is 2.94. The average molecular weight is 175 g/mol. The van der Waals surface area contributed by atoms with Crippen molar-refractivity contribution in [3.63, 3.8) is 0 Å². The molecule has 1 fully saturated rings. The first kappa shape index (κ1) is 9.05. The van der Waals surface area contributed by atoms with Crippen LogP contribution in [0.1, 0.15) is 45.4 Å². The zero-order chi connectivity index (χ0) is 8.32. The summed E-state index contributed by atoms with van der Waals surface area (Å²) in [5.41, 5.74) is -0.153. The molecule has 0 N–H and O–H groups in total. The Bertz CT molecular complexity index is 148. The van der Waals surface area contributed by atoms with E-state index in [1.54, 1.807) is 0 Å². The number of hydrogen-bond donors (Lipinski definition) is 0. The molecule has 64 valence electrons. The van der Waals surface area contributed by atoms with Gasteiger partial charge in [0.25, 0.3) is 0 Å². The fourth-order valence-electron chi connectivity index (χ4n) is 1.92. The molecule has 0 aromatic carbocycles. The van der Waals surface area contributed by atoms with Crippen molar-refractivity contribution in [3.05, 3.63) is 0 Å².